The van der Waals surface area contributed by atoms with Crippen LogP contribution in [0.2, 0.25) is 0 Å². The molecule has 0 spiro atoms. The number of rotatable bonds is 9. The zero-order valence-corrected chi connectivity index (χ0v) is 18.3. The summed E-state index contributed by atoms with van der Waals surface area (Å²) in [5, 5.41) is 29.3. The second kappa shape index (κ2) is 10.6. The number of aromatic hydroxyl groups is 1. The fourth-order valence-electron chi connectivity index (χ4n) is 3.86. The van der Waals surface area contributed by atoms with Gasteiger partial charge in [-0.05, 0) is 68.9 Å². The van der Waals surface area contributed by atoms with Crippen LogP contribution in [0.25, 0.3) is 0 Å². The Morgan fingerprint density at radius 2 is 1.69 bits per heavy atom. The summed E-state index contributed by atoms with van der Waals surface area (Å²) in [6.07, 6.45) is 0.0681. The summed E-state index contributed by atoms with van der Waals surface area (Å²) in [6.45, 7) is 1.55. The number of nitrogens with one attached hydrogen (secondary N) is 1. The van der Waals surface area contributed by atoms with E-state index in [0.29, 0.717) is 25.1 Å². The average molecular weight is 443 g/mol. The van der Waals surface area contributed by atoms with E-state index in [1.54, 1.807) is 58.9 Å². The van der Waals surface area contributed by atoms with Crippen molar-refractivity contribution in [3.63, 3.8) is 0 Å². The molecule has 0 bridgehead atoms. The molecule has 32 heavy (non-hydrogen) atoms. The van der Waals surface area contributed by atoms with Gasteiger partial charge in [0, 0.05) is 18.7 Å². The molecule has 2 amide bonds. The van der Waals surface area contributed by atoms with Gasteiger partial charge in [0.2, 0.25) is 5.91 Å². The van der Waals surface area contributed by atoms with Crippen LogP contribution in [0.3, 0.4) is 0 Å². The molecule has 2 atom stereocenters. The summed E-state index contributed by atoms with van der Waals surface area (Å²) >= 11 is 0. The first-order chi connectivity index (χ1) is 15.3. The highest BCUT2D eigenvalue weighted by Gasteiger charge is 2.44. The summed E-state index contributed by atoms with van der Waals surface area (Å²) in [4.78, 5) is 30.1. The molecule has 2 aromatic carbocycles. The van der Waals surface area contributed by atoms with E-state index in [1.807, 2.05) is 19.0 Å². The van der Waals surface area contributed by atoms with Crippen LogP contribution in [0.15, 0.2) is 48.5 Å². The maximum absolute atomic E-state index is 13.2. The molecular weight excluding hydrogens is 412 g/mol. The first kappa shape index (κ1) is 23.7. The van der Waals surface area contributed by atoms with Gasteiger partial charge in [-0.1, -0.05) is 24.3 Å². The van der Waals surface area contributed by atoms with Crippen molar-refractivity contribution < 1.29 is 25.0 Å². The molecule has 0 aliphatic carbocycles. The van der Waals surface area contributed by atoms with Crippen LogP contribution < -0.4 is 5.48 Å². The van der Waals surface area contributed by atoms with Crippen LogP contribution >= 0.6 is 0 Å². The van der Waals surface area contributed by atoms with Crippen molar-refractivity contribution in [3.05, 3.63) is 65.2 Å². The summed E-state index contributed by atoms with van der Waals surface area (Å²) in [7, 11) is 3.92. The van der Waals surface area contributed by atoms with Crippen LogP contribution in [0.1, 0.15) is 27.9 Å². The summed E-state index contributed by atoms with van der Waals surface area (Å²) in [6, 6.07) is 12.7. The lowest BCUT2D eigenvalue weighted by Gasteiger charge is -2.27. The van der Waals surface area contributed by atoms with Crippen molar-refractivity contribution in [3.8, 4) is 5.75 Å². The molecule has 9 nitrogen and oxygen atoms in total. The van der Waals surface area contributed by atoms with Gasteiger partial charge in [-0.15, -0.1) is 0 Å². The molecule has 1 aliphatic heterocycles. The normalized spacial score (nSPS) is 19.0. The monoisotopic (exact) mass is 442 g/mol. The van der Waals surface area contributed by atoms with Crippen LogP contribution in [-0.2, 0) is 17.8 Å². The number of carbonyl (C=O) groups is 2. The highest BCUT2D eigenvalue weighted by Crippen LogP contribution is 2.27. The van der Waals surface area contributed by atoms with E-state index < -0.39 is 18.3 Å². The largest absolute Gasteiger partial charge is 0.508 e. The van der Waals surface area contributed by atoms with Crippen molar-refractivity contribution in [1.82, 2.24) is 20.2 Å². The number of carbonyl (C=O) groups excluding carboxylic acids is 2. The average Bonchev–Trinajstić information content (AvgIpc) is 2.99. The quantitative estimate of drug-likeness (QED) is 0.338. The fraction of sp³-hybridized carbons (Fsp3) is 0.391. The van der Waals surface area contributed by atoms with Gasteiger partial charge in [0.05, 0.1) is 6.04 Å². The van der Waals surface area contributed by atoms with Gasteiger partial charge in [0.15, 0.2) is 6.35 Å². The van der Waals surface area contributed by atoms with Gasteiger partial charge in [-0.25, -0.2) is 10.4 Å². The Bertz CT molecular complexity index is 917. The molecule has 0 aromatic heterocycles. The molecule has 1 fully saturated rings. The number of hydrogen-bond acceptors (Lipinski definition) is 7. The zero-order chi connectivity index (χ0) is 23.3. The van der Waals surface area contributed by atoms with Gasteiger partial charge >= 0.3 is 0 Å². The maximum atomic E-state index is 13.2. The Labute approximate surface area is 187 Å². The maximum Gasteiger partial charge on any atom is 0.274 e. The minimum absolute atomic E-state index is 0.138. The smallest absolute Gasteiger partial charge is 0.274 e. The van der Waals surface area contributed by atoms with Gasteiger partial charge in [-0.2, -0.15) is 0 Å². The van der Waals surface area contributed by atoms with Gasteiger partial charge in [-0.3, -0.25) is 14.8 Å². The van der Waals surface area contributed by atoms with Crippen molar-refractivity contribution >= 4 is 11.8 Å². The van der Waals surface area contributed by atoms with Crippen molar-refractivity contribution in [2.75, 3.05) is 27.2 Å². The number of phenolic OH excluding ortho intramolecular Hbond substituents is 1. The molecule has 172 valence electrons. The van der Waals surface area contributed by atoms with E-state index in [9.17, 15) is 19.8 Å². The third-order valence-electron chi connectivity index (χ3n) is 5.60. The van der Waals surface area contributed by atoms with Gasteiger partial charge in [0.25, 0.3) is 5.91 Å². The van der Waals surface area contributed by atoms with Crippen LogP contribution in [0.4, 0.5) is 0 Å². The molecule has 3 rings (SSSR count). The highest BCUT2D eigenvalue weighted by molar-refractivity contribution is 5.93. The van der Waals surface area contributed by atoms with E-state index in [1.165, 1.54) is 4.90 Å². The van der Waals surface area contributed by atoms with Gasteiger partial charge in [0.1, 0.15) is 5.75 Å². The minimum atomic E-state index is -1.06. The van der Waals surface area contributed by atoms with E-state index in [4.69, 9.17) is 5.21 Å². The number of aliphatic hydroxyl groups excluding tert-OH is 1. The van der Waals surface area contributed by atoms with Gasteiger partial charge < -0.3 is 20.0 Å². The molecule has 2 aromatic rings. The number of benzene rings is 2. The first-order valence-electron chi connectivity index (χ1n) is 10.5. The third kappa shape index (κ3) is 5.63. The van der Waals surface area contributed by atoms with E-state index in [0.717, 1.165) is 24.1 Å². The number of aliphatic hydroxyl groups is 1. The fourth-order valence-corrected chi connectivity index (χ4v) is 3.86. The Kier molecular flexibility index (Phi) is 7.81. The van der Waals surface area contributed by atoms with E-state index in [-0.39, 0.29) is 11.7 Å². The summed E-state index contributed by atoms with van der Waals surface area (Å²) in [5.74, 6) is -0.591. The topological polar surface area (TPSA) is 117 Å². The molecule has 1 aliphatic rings. The molecule has 4 N–H and O–H groups in total. The number of hydroxylamine groups is 1. The second-order valence-electron chi connectivity index (χ2n) is 8.23. The molecule has 9 heteroatoms. The van der Waals surface area contributed by atoms with Crippen molar-refractivity contribution in [1.29, 1.82) is 0 Å². The number of amides is 2. The Balaban J connectivity index is 1.80. The number of nitrogens with zero attached hydrogens (tertiary/aromatic N) is 3. The molecule has 1 saturated heterocycles. The molecule has 1 heterocycles. The summed E-state index contributed by atoms with van der Waals surface area (Å²) in [5.41, 5.74) is 3.60. The highest BCUT2D eigenvalue weighted by atomic mass is 16.5. The zero-order valence-electron chi connectivity index (χ0n) is 18.3. The lowest BCUT2D eigenvalue weighted by atomic mass is 10.0. The first-order valence-corrected chi connectivity index (χ1v) is 10.5. The predicted molar refractivity (Wildman–Crippen MR) is 118 cm³/mol. The predicted octanol–water partition coefficient (Wildman–Crippen LogP) is 0.994. The standard InChI is InChI=1S/C23H30N4O5/c1-25(2)12-3-13-26-22(30)20(14-16-6-10-19(28)11-7-16)27(23(26)31)15-17-4-8-18(9-5-17)21(29)24-32/h4-11,20,23,28,31-32H,3,12-15H2,1-2H3,(H,24,29). The molecular formula is C23H30N4O5. The number of phenols is 1. The number of hydrogen-bond donors (Lipinski definition) is 4. The van der Waals surface area contributed by atoms with Crippen LogP contribution in [0.5, 0.6) is 5.75 Å². The third-order valence-corrected chi connectivity index (χ3v) is 5.60. The van der Waals surface area contributed by atoms with E-state index >= 15 is 0 Å². The SMILES string of the molecule is CN(C)CCCN1C(=O)C(Cc2ccc(O)cc2)N(Cc2ccc(C(=O)NO)cc2)C1O. The van der Waals surface area contributed by atoms with Crippen molar-refractivity contribution in [2.45, 2.75) is 31.8 Å². The second-order valence-corrected chi connectivity index (χ2v) is 8.23. The van der Waals surface area contributed by atoms with Crippen LogP contribution in [-0.4, -0.2) is 81.5 Å². The lowest BCUT2D eigenvalue weighted by molar-refractivity contribution is -0.135. The Morgan fingerprint density at radius 3 is 2.28 bits per heavy atom. The van der Waals surface area contributed by atoms with Crippen molar-refractivity contribution in [2.24, 2.45) is 0 Å². The minimum Gasteiger partial charge on any atom is -0.508 e. The van der Waals surface area contributed by atoms with Crippen LogP contribution in [0, 0.1) is 0 Å². The Hall–Kier alpha value is -2.98. The molecule has 2 unspecified atom stereocenters. The summed E-state index contributed by atoms with van der Waals surface area (Å²) < 4.78 is 0. The lowest BCUT2D eigenvalue weighted by Crippen LogP contribution is -2.41. The molecule has 0 radical (unpaired) electrons. The van der Waals surface area contributed by atoms with E-state index in [2.05, 4.69) is 0 Å². The Morgan fingerprint density at radius 1 is 1.06 bits per heavy atom. The molecule has 0 saturated carbocycles.